The number of unbranched alkanes of at least 4 members (excludes halogenated alkanes) is 1. The molecule has 0 saturated carbocycles. The summed E-state index contributed by atoms with van der Waals surface area (Å²) in [6.07, 6.45) is 5.54. The molecule has 2 atom stereocenters. The van der Waals surface area contributed by atoms with Crippen molar-refractivity contribution in [1.82, 2.24) is 0 Å². The fourth-order valence-corrected chi connectivity index (χ4v) is 3.74. The maximum Gasteiger partial charge on any atom is 0.119 e. The minimum absolute atomic E-state index is 0.322. The third-order valence-corrected chi connectivity index (χ3v) is 4.97. The number of phenolic OH excluding ortho intramolecular Hbond substituents is 2. The molecule has 0 amide bonds. The summed E-state index contributed by atoms with van der Waals surface area (Å²) in [5.74, 6) is 1.80. The lowest BCUT2D eigenvalue weighted by atomic mass is 9.71. The van der Waals surface area contributed by atoms with Gasteiger partial charge >= 0.3 is 0 Å². The van der Waals surface area contributed by atoms with Crippen molar-refractivity contribution in [3.63, 3.8) is 0 Å². The van der Waals surface area contributed by atoms with E-state index in [1.54, 1.807) is 18.2 Å². The van der Waals surface area contributed by atoms with Crippen molar-refractivity contribution in [3.8, 4) is 11.5 Å². The number of benzene rings is 2. The molecule has 3 rings (SSSR count). The van der Waals surface area contributed by atoms with Crippen molar-refractivity contribution in [2.75, 3.05) is 0 Å². The number of hydrogen-bond donors (Lipinski definition) is 2. The fraction of sp³-hybridized carbons (Fsp3) is 0.400. The van der Waals surface area contributed by atoms with Crippen molar-refractivity contribution < 1.29 is 10.2 Å². The highest BCUT2D eigenvalue weighted by Crippen LogP contribution is 2.42. The van der Waals surface area contributed by atoms with Crippen LogP contribution in [0.25, 0.3) is 0 Å². The van der Waals surface area contributed by atoms with Crippen LogP contribution in [0.1, 0.15) is 48.8 Å². The SMILES string of the molecule is CCCC[C@H]1Cc2c(O)cccc2C[C@H]1c1ccc(O)cc1. The van der Waals surface area contributed by atoms with Crippen molar-refractivity contribution in [1.29, 1.82) is 0 Å². The molecule has 0 aliphatic heterocycles. The number of phenols is 2. The number of rotatable bonds is 4. The van der Waals surface area contributed by atoms with Gasteiger partial charge in [0.25, 0.3) is 0 Å². The highest BCUT2D eigenvalue weighted by molar-refractivity contribution is 5.43. The zero-order valence-corrected chi connectivity index (χ0v) is 13.1. The van der Waals surface area contributed by atoms with Crippen LogP contribution in [-0.2, 0) is 12.8 Å². The molecule has 2 heteroatoms. The Hall–Kier alpha value is -1.96. The van der Waals surface area contributed by atoms with E-state index in [4.69, 9.17) is 0 Å². The first-order chi connectivity index (χ1) is 10.7. The molecular weight excluding hydrogens is 272 g/mol. The maximum absolute atomic E-state index is 10.2. The highest BCUT2D eigenvalue weighted by atomic mass is 16.3. The van der Waals surface area contributed by atoms with Gasteiger partial charge < -0.3 is 10.2 Å². The Balaban J connectivity index is 1.93. The van der Waals surface area contributed by atoms with Gasteiger partial charge in [0.15, 0.2) is 0 Å². The zero-order chi connectivity index (χ0) is 15.5. The topological polar surface area (TPSA) is 40.5 Å². The van der Waals surface area contributed by atoms with Crippen LogP contribution in [0.4, 0.5) is 0 Å². The second-order valence-corrected chi connectivity index (χ2v) is 6.42. The second kappa shape index (κ2) is 6.43. The molecule has 0 unspecified atom stereocenters. The molecular formula is C20H24O2. The van der Waals surface area contributed by atoms with Gasteiger partial charge in [-0.3, -0.25) is 0 Å². The van der Waals surface area contributed by atoms with E-state index in [0.717, 1.165) is 18.4 Å². The molecule has 1 aliphatic rings. The van der Waals surface area contributed by atoms with E-state index in [-0.39, 0.29) is 0 Å². The quantitative estimate of drug-likeness (QED) is 0.852. The average Bonchev–Trinajstić information content (AvgIpc) is 2.53. The predicted octanol–water partition coefficient (Wildman–Crippen LogP) is 4.79. The van der Waals surface area contributed by atoms with Crippen LogP contribution in [0.3, 0.4) is 0 Å². The van der Waals surface area contributed by atoms with E-state index in [2.05, 4.69) is 13.0 Å². The van der Waals surface area contributed by atoms with Gasteiger partial charge in [-0.2, -0.15) is 0 Å². The normalized spacial score (nSPS) is 20.6. The third kappa shape index (κ3) is 2.96. The van der Waals surface area contributed by atoms with Crippen molar-refractivity contribution in [2.24, 2.45) is 5.92 Å². The molecule has 116 valence electrons. The first-order valence-electron chi connectivity index (χ1n) is 8.27. The molecule has 0 bridgehead atoms. The Morgan fingerprint density at radius 3 is 2.50 bits per heavy atom. The Bertz CT molecular complexity index is 631. The predicted molar refractivity (Wildman–Crippen MR) is 89.4 cm³/mol. The standard InChI is InChI=1S/C20H24O2/c1-2-3-5-15-13-19-16(6-4-7-20(19)22)12-18(15)14-8-10-17(21)11-9-14/h4,6-11,15,18,21-22H,2-3,5,12-13H2,1H3/t15-,18-/m0/s1. The summed E-state index contributed by atoms with van der Waals surface area (Å²) in [4.78, 5) is 0. The molecule has 2 aromatic rings. The Labute approximate surface area is 132 Å². The number of hydrogen-bond acceptors (Lipinski definition) is 2. The van der Waals surface area contributed by atoms with Crippen molar-refractivity contribution in [3.05, 3.63) is 59.2 Å². The van der Waals surface area contributed by atoms with Gasteiger partial charge in [0.2, 0.25) is 0 Å². The van der Waals surface area contributed by atoms with Gasteiger partial charge in [0.05, 0.1) is 0 Å². The van der Waals surface area contributed by atoms with E-state index in [0.29, 0.717) is 23.3 Å². The molecule has 2 nitrogen and oxygen atoms in total. The first-order valence-corrected chi connectivity index (χ1v) is 8.27. The summed E-state index contributed by atoms with van der Waals surface area (Å²) >= 11 is 0. The van der Waals surface area contributed by atoms with Gasteiger partial charge in [-0.25, -0.2) is 0 Å². The molecule has 2 N–H and O–H groups in total. The second-order valence-electron chi connectivity index (χ2n) is 6.42. The lowest BCUT2D eigenvalue weighted by Gasteiger charge is -2.34. The third-order valence-electron chi connectivity index (χ3n) is 4.97. The van der Waals surface area contributed by atoms with Gasteiger partial charge in [0, 0.05) is 0 Å². The van der Waals surface area contributed by atoms with E-state index < -0.39 is 0 Å². The molecule has 0 heterocycles. The van der Waals surface area contributed by atoms with Crippen LogP contribution < -0.4 is 0 Å². The summed E-state index contributed by atoms with van der Waals surface area (Å²) in [6, 6.07) is 13.5. The van der Waals surface area contributed by atoms with Crippen LogP contribution >= 0.6 is 0 Å². The Kier molecular flexibility index (Phi) is 4.37. The van der Waals surface area contributed by atoms with E-state index in [1.165, 1.54) is 30.4 Å². The monoisotopic (exact) mass is 296 g/mol. The Morgan fingerprint density at radius 1 is 1.00 bits per heavy atom. The van der Waals surface area contributed by atoms with E-state index >= 15 is 0 Å². The summed E-state index contributed by atoms with van der Waals surface area (Å²) in [6.45, 7) is 2.23. The Morgan fingerprint density at radius 2 is 1.77 bits per heavy atom. The van der Waals surface area contributed by atoms with Gasteiger partial charge in [-0.15, -0.1) is 0 Å². The van der Waals surface area contributed by atoms with Crippen molar-refractivity contribution in [2.45, 2.75) is 44.9 Å². The summed E-state index contributed by atoms with van der Waals surface area (Å²) in [5.41, 5.74) is 3.71. The van der Waals surface area contributed by atoms with Crippen LogP contribution in [0.15, 0.2) is 42.5 Å². The molecule has 0 radical (unpaired) electrons. The number of fused-ring (bicyclic) bond motifs is 1. The summed E-state index contributed by atoms with van der Waals surface area (Å²) in [7, 11) is 0. The van der Waals surface area contributed by atoms with Crippen LogP contribution in [0, 0.1) is 5.92 Å². The molecule has 0 saturated heterocycles. The molecule has 0 aromatic heterocycles. The van der Waals surface area contributed by atoms with Gasteiger partial charge in [0.1, 0.15) is 11.5 Å². The lowest BCUT2D eigenvalue weighted by Crippen LogP contribution is -2.24. The number of aromatic hydroxyl groups is 2. The van der Waals surface area contributed by atoms with Crippen LogP contribution in [-0.4, -0.2) is 10.2 Å². The van der Waals surface area contributed by atoms with Crippen molar-refractivity contribution >= 4 is 0 Å². The van der Waals surface area contributed by atoms with Crippen LogP contribution in [0.5, 0.6) is 11.5 Å². The molecule has 1 aliphatic carbocycles. The highest BCUT2D eigenvalue weighted by Gasteiger charge is 2.30. The summed E-state index contributed by atoms with van der Waals surface area (Å²) < 4.78 is 0. The minimum Gasteiger partial charge on any atom is -0.508 e. The van der Waals surface area contributed by atoms with Crippen LogP contribution in [0.2, 0.25) is 0 Å². The zero-order valence-electron chi connectivity index (χ0n) is 13.1. The first kappa shape index (κ1) is 15.0. The maximum atomic E-state index is 10.2. The van der Waals surface area contributed by atoms with Gasteiger partial charge in [-0.05, 0) is 66.0 Å². The molecule has 22 heavy (non-hydrogen) atoms. The fourth-order valence-electron chi connectivity index (χ4n) is 3.74. The largest absolute Gasteiger partial charge is 0.508 e. The minimum atomic E-state index is 0.322. The van der Waals surface area contributed by atoms with E-state index in [9.17, 15) is 10.2 Å². The molecule has 0 spiro atoms. The molecule has 2 aromatic carbocycles. The summed E-state index contributed by atoms with van der Waals surface area (Å²) in [5, 5.41) is 19.7. The smallest absolute Gasteiger partial charge is 0.119 e. The van der Waals surface area contributed by atoms with E-state index in [1.807, 2.05) is 18.2 Å². The molecule has 0 fully saturated rings. The average molecular weight is 296 g/mol. The van der Waals surface area contributed by atoms with Gasteiger partial charge in [-0.1, -0.05) is 44.0 Å². The lowest BCUT2D eigenvalue weighted by molar-refractivity contribution is 0.349.